The molecule has 0 saturated carbocycles. The summed E-state index contributed by atoms with van der Waals surface area (Å²) in [5, 5.41) is 0. The van der Waals surface area contributed by atoms with E-state index < -0.39 is 0 Å². The summed E-state index contributed by atoms with van der Waals surface area (Å²) < 4.78 is 3.10. The first kappa shape index (κ1) is 16.3. The van der Waals surface area contributed by atoms with Crippen LogP contribution in [0, 0.1) is 0 Å². The van der Waals surface area contributed by atoms with Gasteiger partial charge in [0.25, 0.3) is 0 Å². The molecular weight excluding hydrogens is 380 g/mol. The highest BCUT2D eigenvalue weighted by Crippen LogP contribution is 2.26. The van der Waals surface area contributed by atoms with Gasteiger partial charge in [-0.15, -0.1) is 0 Å². The van der Waals surface area contributed by atoms with Gasteiger partial charge < -0.3 is 14.4 Å². The number of imidazole rings is 1. The normalized spacial score (nSPS) is 15.7. The lowest BCUT2D eigenvalue weighted by molar-refractivity contribution is 0.471. The molecule has 130 valence electrons. The Morgan fingerprint density at radius 2 is 1.80 bits per heavy atom. The van der Waals surface area contributed by atoms with E-state index in [1.54, 1.807) is 12.4 Å². The number of anilines is 2. The van der Waals surface area contributed by atoms with Gasteiger partial charge in [0.2, 0.25) is 11.9 Å². The summed E-state index contributed by atoms with van der Waals surface area (Å²) in [6.45, 7) is 1.98. The molecule has 1 aliphatic rings. The van der Waals surface area contributed by atoms with Crippen LogP contribution in [0.1, 0.15) is 12.8 Å². The van der Waals surface area contributed by atoms with Crippen LogP contribution in [0.15, 0.2) is 41.1 Å². The fraction of sp³-hybridized carbons (Fsp3) is 0.389. The highest BCUT2D eigenvalue weighted by molar-refractivity contribution is 9.10. The molecule has 0 unspecified atom stereocenters. The molecule has 25 heavy (non-hydrogen) atoms. The summed E-state index contributed by atoms with van der Waals surface area (Å²) in [4.78, 5) is 18.2. The average molecular weight is 401 g/mol. The number of aromatic nitrogens is 4. The van der Waals surface area contributed by atoms with Gasteiger partial charge in [-0.2, -0.15) is 0 Å². The number of benzene rings is 1. The molecule has 3 heterocycles. The van der Waals surface area contributed by atoms with Gasteiger partial charge >= 0.3 is 0 Å². The van der Waals surface area contributed by atoms with Crippen molar-refractivity contribution < 1.29 is 0 Å². The third-order valence-electron chi connectivity index (χ3n) is 4.98. The van der Waals surface area contributed by atoms with E-state index in [2.05, 4.69) is 72.6 Å². The van der Waals surface area contributed by atoms with Crippen molar-refractivity contribution in [3.8, 4) is 0 Å². The van der Waals surface area contributed by atoms with E-state index >= 15 is 0 Å². The fourth-order valence-corrected chi connectivity index (χ4v) is 3.72. The Morgan fingerprint density at radius 3 is 2.48 bits per heavy atom. The van der Waals surface area contributed by atoms with Crippen LogP contribution in [0.5, 0.6) is 0 Å². The molecule has 0 atom stereocenters. The second kappa shape index (κ2) is 6.63. The Morgan fingerprint density at radius 1 is 1.12 bits per heavy atom. The monoisotopic (exact) mass is 400 g/mol. The minimum Gasteiger partial charge on any atom is -0.342 e. The zero-order chi connectivity index (χ0) is 17.4. The maximum atomic E-state index is 4.82. The van der Waals surface area contributed by atoms with Crippen LogP contribution >= 0.6 is 15.9 Å². The van der Waals surface area contributed by atoms with Crippen molar-refractivity contribution in [2.24, 2.45) is 7.05 Å². The minimum atomic E-state index is 0.451. The van der Waals surface area contributed by atoms with E-state index in [0.29, 0.717) is 6.04 Å². The standard InChI is InChI=1S/C18H21BrN6/c1-23(17-20-11-13(19)12-21-17)14-7-9-25(10-8-14)18-22-15-5-3-4-6-16(15)24(18)2/h3-6,11-12,14H,7-10H2,1-2H3. The van der Waals surface area contributed by atoms with E-state index in [4.69, 9.17) is 4.98 Å². The first-order valence-corrected chi connectivity index (χ1v) is 9.29. The van der Waals surface area contributed by atoms with Crippen molar-refractivity contribution in [2.45, 2.75) is 18.9 Å². The molecule has 1 saturated heterocycles. The van der Waals surface area contributed by atoms with Gasteiger partial charge in [0.1, 0.15) is 0 Å². The Labute approximate surface area is 155 Å². The van der Waals surface area contributed by atoms with Crippen LogP contribution in [-0.4, -0.2) is 45.7 Å². The molecule has 4 rings (SSSR count). The highest BCUT2D eigenvalue weighted by atomic mass is 79.9. The molecular formula is C18H21BrN6. The number of rotatable bonds is 3. The molecule has 0 spiro atoms. The second-order valence-electron chi connectivity index (χ2n) is 6.49. The van der Waals surface area contributed by atoms with E-state index in [1.165, 1.54) is 5.52 Å². The minimum absolute atomic E-state index is 0.451. The van der Waals surface area contributed by atoms with Gasteiger partial charge in [-0.3, -0.25) is 0 Å². The van der Waals surface area contributed by atoms with Crippen LogP contribution in [-0.2, 0) is 7.05 Å². The number of piperidine rings is 1. The van der Waals surface area contributed by atoms with Crippen LogP contribution in [0.3, 0.4) is 0 Å². The van der Waals surface area contributed by atoms with Gasteiger partial charge in [-0.05, 0) is 40.9 Å². The topological polar surface area (TPSA) is 50.1 Å². The van der Waals surface area contributed by atoms with Gasteiger partial charge in [0.15, 0.2) is 0 Å². The summed E-state index contributed by atoms with van der Waals surface area (Å²) in [7, 11) is 4.18. The van der Waals surface area contributed by atoms with E-state index in [-0.39, 0.29) is 0 Å². The molecule has 1 aliphatic heterocycles. The molecule has 1 fully saturated rings. The molecule has 0 aliphatic carbocycles. The van der Waals surface area contributed by atoms with Crippen LogP contribution in [0.25, 0.3) is 11.0 Å². The third kappa shape index (κ3) is 3.08. The van der Waals surface area contributed by atoms with Crippen molar-refractivity contribution >= 4 is 38.9 Å². The highest BCUT2D eigenvalue weighted by Gasteiger charge is 2.26. The lowest BCUT2D eigenvalue weighted by Gasteiger charge is -2.37. The number of hydrogen-bond acceptors (Lipinski definition) is 5. The Hall–Kier alpha value is -2.15. The first-order valence-electron chi connectivity index (χ1n) is 8.50. The Balaban J connectivity index is 1.47. The van der Waals surface area contributed by atoms with Crippen LogP contribution in [0.2, 0.25) is 0 Å². The average Bonchev–Trinajstić information content (AvgIpc) is 2.99. The summed E-state index contributed by atoms with van der Waals surface area (Å²) in [6.07, 6.45) is 5.74. The zero-order valence-corrected chi connectivity index (χ0v) is 16.0. The molecule has 1 aromatic carbocycles. The van der Waals surface area contributed by atoms with Crippen molar-refractivity contribution in [2.75, 3.05) is 29.9 Å². The first-order chi connectivity index (χ1) is 12.1. The fourth-order valence-electron chi connectivity index (χ4n) is 3.52. The van der Waals surface area contributed by atoms with Crippen molar-refractivity contribution in [1.29, 1.82) is 0 Å². The Kier molecular flexibility index (Phi) is 4.33. The quantitative estimate of drug-likeness (QED) is 0.675. The SMILES string of the molecule is CN(c1ncc(Br)cn1)C1CCN(c2nc3ccccc3n2C)CC1. The molecule has 6 nitrogen and oxygen atoms in total. The summed E-state index contributed by atoms with van der Waals surface area (Å²) in [6, 6.07) is 8.75. The number of para-hydroxylation sites is 2. The van der Waals surface area contributed by atoms with Gasteiger partial charge in [0, 0.05) is 45.6 Å². The lowest BCUT2D eigenvalue weighted by atomic mass is 10.0. The molecule has 0 bridgehead atoms. The molecule has 2 aromatic heterocycles. The van der Waals surface area contributed by atoms with Gasteiger partial charge in [0.05, 0.1) is 15.5 Å². The maximum absolute atomic E-state index is 4.82. The van der Waals surface area contributed by atoms with E-state index in [0.717, 1.165) is 47.8 Å². The smallest absolute Gasteiger partial charge is 0.225 e. The van der Waals surface area contributed by atoms with Crippen molar-refractivity contribution in [1.82, 2.24) is 19.5 Å². The second-order valence-corrected chi connectivity index (χ2v) is 7.41. The largest absolute Gasteiger partial charge is 0.342 e. The van der Waals surface area contributed by atoms with E-state index in [9.17, 15) is 0 Å². The van der Waals surface area contributed by atoms with Crippen molar-refractivity contribution in [3.63, 3.8) is 0 Å². The molecule has 0 radical (unpaired) electrons. The predicted molar refractivity (Wildman–Crippen MR) is 104 cm³/mol. The third-order valence-corrected chi connectivity index (χ3v) is 5.39. The number of aryl methyl sites for hydroxylation is 1. The summed E-state index contributed by atoms with van der Waals surface area (Å²) in [5.41, 5.74) is 2.24. The number of hydrogen-bond donors (Lipinski definition) is 0. The van der Waals surface area contributed by atoms with Crippen molar-refractivity contribution in [3.05, 3.63) is 41.1 Å². The zero-order valence-electron chi connectivity index (χ0n) is 14.4. The van der Waals surface area contributed by atoms with Crippen LogP contribution in [0.4, 0.5) is 11.9 Å². The van der Waals surface area contributed by atoms with Gasteiger partial charge in [-0.25, -0.2) is 15.0 Å². The molecule has 0 amide bonds. The summed E-state index contributed by atoms with van der Waals surface area (Å²) in [5.74, 6) is 1.84. The maximum Gasteiger partial charge on any atom is 0.225 e. The van der Waals surface area contributed by atoms with Gasteiger partial charge in [-0.1, -0.05) is 12.1 Å². The lowest BCUT2D eigenvalue weighted by Crippen LogP contribution is -2.44. The Bertz CT molecular complexity index is 867. The number of nitrogens with zero attached hydrogens (tertiary/aromatic N) is 6. The van der Waals surface area contributed by atoms with E-state index in [1.807, 2.05) is 6.07 Å². The molecule has 0 N–H and O–H groups in total. The number of fused-ring (bicyclic) bond motifs is 1. The van der Waals surface area contributed by atoms with Crippen LogP contribution < -0.4 is 9.80 Å². The molecule has 7 heteroatoms. The summed E-state index contributed by atoms with van der Waals surface area (Å²) >= 11 is 3.39. The predicted octanol–water partition coefficient (Wildman–Crippen LogP) is 3.23. The molecule has 3 aromatic rings. The number of halogens is 1.